The molecule has 1 saturated carbocycles. The molecule has 0 aliphatic heterocycles. The summed E-state index contributed by atoms with van der Waals surface area (Å²) in [7, 11) is 1.67. The van der Waals surface area contributed by atoms with Crippen molar-refractivity contribution in [3.05, 3.63) is 35.6 Å². The molecule has 1 aliphatic rings. The first-order chi connectivity index (χ1) is 8.68. The summed E-state index contributed by atoms with van der Waals surface area (Å²) < 4.78 is 13.8. The lowest BCUT2D eigenvalue weighted by molar-refractivity contribution is -0.132. The van der Waals surface area contributed by atoms with Crippen LogP contribution in [0.1, 0.15) is 37.7 Å². The highest BCUT2D eigenvalue weighted by Crippen LogP contribution is 2.39. The first kappa shape index (κ1) is 13.1. The Hall–Kier alpha value is -1.38. The summed E-state index contributed by atoms with van der Waals surface area (Å²) in [5.74, 6) is -0.142. The van der Waals surface area contributed by atoms with E-state index in [-0.39, 0.29) is 11.7 Å². The number of hydrogen-bond donors (Lipinski definition) is 1. The van der Waals surface area contributed by atoms with Crippen LogP contribution in [-0.2, 0) is 11.2 Å². The SMILES string of the molecule is CNC(=O)C1(Cc2ccccc2F)CCCCC1. The smallest absolute Gasteiger partial charge is 0.226 e. The summed E-state index contributed by atoms with van der Waals surface area (Å²) in [5.41, 5.74) is 0.248. The molecular formula is C15H20FNO. The summed E-state index contributed by atoms with van der Waals surface area (Å²) >= 11 is 0. The van der Waals surface area contributed by atoms with Crippen LogP contribution in [0, 0.1) is 11.2 Å². The molecular weight excluding hydrogens is 229 g/mol. The molecule has 98 valence electrons. The molecule has 0 unspecified atom stereocenters. The summed E-state index contributed by atoms with van der Waals surface area (Å²) in [6, 6.07) is 6.77. The second kappa shape index (κ2) is 5.51. The number of rotatable bonds is 3. The zero-order valence-corrected chi connectivity index (χ0v) is 10.8. The van der Waals surface area contributed by atoms with Gasteiger partial charge in [0.15, 0.2) is 0 Å². The van der Waals surface area contributed by atoms with Crippen LogP contribution >= 0.6 is 0 Å². The Kier molecular flexibility index (Phi) is 4.00. The van der Waals surface area contributed by atoms with Gasteiger partial charge in [0.1, 0.15) is 5.82 Å². The monoisotopic (exact) mass is 249 g/mol. The minimum Gasteiger partial charge on any atom is -0.359 e. The highest BCUT2D eigenvalue weighted by molar-refractivity contribution is 5.82. The van der Waals surface area contributed by atoms with Gasteiger partial charge in [-0.3, -0.25) is 4.79 Å². The highest BCUT2D eigenvalue weighted by atomic mass is 19.1. The zero-order valence-electron chi connectivity index (χ0n) is 10.8. The molecule has 1 fully saturated rings. The lowest BCUT2D eigenvalue weighted by Gasteiger charge is -2.35. The predicted octanol–water partition coefficient (Wildman–Crippen LogP) is 3.06. The van der Waals surface area contributed by atoms with E-state index in [0.717, 1.165) is 25.7 Å². The Morgan fingerprint density at radius 2 is 1.94 bits per heavy atom. The van der Waals surface area contributed by atoms with Gasteiger partial charge in [-0.25, -0.2) is 4.39 Å². The average molecular weight is 249 g/mol. The van der Waals surface area contributed by atoms with Gasteiger partial charge in [0.25, 0.3) is 0 Å². The van der Waals surface area contributed by atoms with Crippen molar-refractivity contribution in [1.29, 1.82) is 0 Å². The minimum atomic E-state index is -0.408. The molecule has 0 radical (unpaired) electrons. The second-order valence-corrected chi connectivity index (χ2v) is 5.19. The average Bonchev–Trinajstić information content (AvgIpc) is 2.41. The minimum absolute atomic E-state index is 0.0606. The van der Waals surface area contributed by atoms with Crippen molar-refractivity contribution in [2.45, 2.75) is 38.5 Å². The molecule has 0 saturated heterocycles. The normalized spacial score (nSPS) is 18.3. The lowest BCUT2D eigenvalue weighted by atomic mass is 9.69. The van der Waals surface area contributed by atoms with Crippen LogP contribution in [0.15, 0.2) is 24.3 Å². The van der Waals surface area contributed by atoms with Crippen LogP contribution < -0.4 is 5.32 Å². The highest BCUT2D eigenvalue weighted by Gasteiger charge is 2.39. The molecule has 0 aromatic heterocycles. The summed E-state index contributed by atoms with van der Waals surface area (Å²) in [4.78, 5) is 12.2. The van der Waals surface area contributed by atoms with Crippen molar-refractivity contribution in [2.24, 2.45) is 5.41 Å². The van der Waals surface area contributed by atoms with E-state index in [9.17, 15) is 9.18 Å². The molecule has 0 atom stereocenters. The van der Waals surface area contributed by atoms with Crippen LogP contribution in [-0.4, -0.2) is 13.0 Å². The van der Waals surface area contributed by atoms with Crippen LogP contribution in [0.4, 0.5) is 4.39 Å². The Labute approximate surface area is 108 Å². The molecule has 0 spiro atoms. The largest absolute Gasteiger partial charge is 0.359 e. The van der Waals surface area contributed by atoms with E-state index < -0.39 is 5.41 Å². The predicted molar refractivity (Wildman–Crippen MR) is 69.7 cm³/mol. The quantitative estimate of drug-likeness (QED) is 0.876. The number of nitrogens with one attached hydrogen (secondary N) is 1. The maximum absolute atomic E-state index is 13.8. The lowest BCUT2D eigenvalue weighted by Crippen LogP contribution is -2.42. The van der Waals surface area contributed by atoms with Crippen LogP contribution in [0.25, 0.3) is 0 Å². The van der Waals surface area contributed by atoms with Crippen molar-refractivity contribution < 1.29 is 9.18 Å². The van der Waals surface area contributed by atoms with E-state index in [1.54, 1.807) is 19.2 Å². The molecule has 1 amide bonds. The molecule has 1 aromatic rings. The molecule has 0 heterocycles. The van der Waals surface area contributed by atoms with Gasteiger partial charge >= 0.3 is 0 Å². The van der Waals surface area contributed by atoms with Gasteiger partial charge in [0, 0.05) is 7.05 Å². The number of halogens is 1. The molecule has 1 aliphatic carbocycles. The van der Waals surface area contributed by atoms with Gasteiger partial charge in [0.05, 0.1) is 5.41 Å². The number of carbonyl (C=O) groups excluding carboxylic acids is 1. The molecule has 1 N–H and O–H groups in total. The van der Waals surface area contributed by atoms with E-state index in [1.165, 1.54) is 12.5 Å². The van der Waals surface area contributed by atoms with E-state index in [4.69, 9.17) is 0 Å². The van der Waals surface area contributed by atoms with E-state index in [0.29, 0.717) is 12.0 Å². The molecule has 0 bridgehead atoms. The van der Waals surface area contributed by atoms with Gasteiger partial charge in [-0.15, -0.1) is 0 Å². The Balaban J connectivity index is 2.25. The van der Waals surface area contributed by atoms with Crippen molar-refractivity contribution in [1.82, 2.24) is 5.32 Å². The van der Waals surface area contributed by atoms with Crippen molar-refractivity contribution in [2.75, 3.05) is 7.05 Å². The van der Waals surface area contributed by atoms with Gasteiger partial charge in [-0.2, -0.15) is 0 Å². The summed E-state index contributed by atoms with van der Waals surface area (Å²) in [6.45, 7) is 0. The number of benzene rings is 1. The van der Waals surface area contributed by atoms with Crippen LogP contribution in [0.2, 0.25) is 0 Å². The first-order valence-corrected chi connectivity index (χ1v) is 6.63. The van der Waals surface area contributed by atoms with E-state index in [2.05, 4.69) is 5.32 Å². The molecule has 2 nitrogen and oxygen atoms in total. The third-order valence-electron chi connectivity index (χ3n) is 4.01. The fourth-order valence-corrected chi connectivity index (χ4v) is 2.98. The molecule has 18 heavy (non-hydrogen) atoms. The topological polar surface area (TPSA) is 29.1 Å². The third kappa shape index (κ3) is 2.55. The summed E-state index contributed by atoms with van der Waals surface area (Å²) in [6.07, 6.45) is 5.53. The van der Waals surface area contributed by atoms with Gasteiger partial charge in [-0.05, 0) is 30.9 Å². The zero-order chi connectivity index (χ0) is 13.0. The van der Waals surface area contributed by atoms with Gasteiger partial charge in [-0.1, -0.05) is 37.5 Å². The number of carbonyl (C=O) groups is 1. The Bertz CT molecular complexity index is 424. The fraction of sp³-hybridized carbons (Fsp3) is 0.533. The Morgan fingerprint density at radius 3 is 2.56 bits per heavy atom. The van der Waals surface area contributed by atoms with E-state index >= 15 is 0 Å². The third-order valence-corrected chi connectivity index (χ3v) is 4.01. The first-order valence-electron chi connectivity index (χ1n) is 6.63. The van der Waals surface area contributed by atoms with Crippen molar-refractivity contribution in [3.63, 3.8) is 0 Å². The molecule has 2 rings (SSSR count). The number of hydrogen-bond acceptors (Lipinski definition) is 1. The van der Waals surface area contributed by atoms with Crippen LogP contribution in [0.3, 0.4) is 0 Å². The number of amides is 1. The summed E-state index contributed by atoms with van der Waals surface area (Å²) in [5, 5.41) is 2.75. The molecule has 1 aromatic carbocycles. The van der Waals surface area contributed by atoms with Crippen LogP contribution in [0.5, 0.6) is 0 Å². The maximum Gasteiger partial charge on any atom is 0.226 e. The van der Waals surface area contributed by atoms with Crippen molar-refractivity contribution >= 4 is 5.91 Å². The van der Waals surface area contributed by atoms with Gasteiger partial charge in [0.2, 0.25) is 5.91 Å². The molecule has 3 heteroatoms. The maximum atomic E-state index is 13.8. The Morgan fingerprint density at radius 1 is 1.28 bits per heavy atom. The van der Waals surface area contributed by atoms with Crippen molar-refractivity contribution in [3.8, 4) is 0 Å². The second-order valence-electron chi connectivity index (χ2n) is 5.19. The van der Waals surface area contributed by atoms with Gasteiger partial charge < -0.3 is 5.32 Å². The fourth-order valence-electron chi connectivity index (χ4n) is 2.98. The van der Waals surface area contributed by atoms with E-state index in [1.807, 2.05) is 6.07 Å². The standard InChI is InChI=1S/C15H20FNO/c1-17-14(18)15(9-5-2-6-10-15)11-12-7-3-4-8-13(12)16/h3-4,7-8H,2,5-6,9-11H2,1H3,(H,17,18).